The molecule has 0 saturated carbocycles. The maximum atomic E-state index is 11.0. The first-order chi connectivity index (χ1) is 5.24. The fraction of sp³-hybridized carbons (Fsp3) is 0.875. The number of likely N-dealkylation sites (tertiary alicyclic amines) is 1. The summed E-state index contributed by atoms with van der Waals surface area (Å²) in [5, 5.41) is 0. The molecule has 1 heterocycles. The van der Waals surface area contributed by atoms with Crippen LogP contribution in [-0.2, 0) is 4.79 Å². The van der Waals surface area contributed by atoms with E-state index in [4.69, 9.17) is 0 Å². The zero-order valence-electron chi connectivity index (χ0n) is 6.85. The van der Waals surface area contributed by atoms with Crippen LogP contribution in [0.1, 0.15) is 19.8 Å². The van der Waals surface area contributed by atoms with Crippen molar-refractivity contribution in [3.05, 3.63) is 0 Å². The first kappa shape index (κ1) is 9.45. The molecule has 0 amide bonds. The van der Waals surface area contributed by atoms with Crippen LogP contribution in [0.25, 0.3) is 0 Å². The third-order valence-electron chi connectivity index (χ3n) is 2.33. The Morgan fingerprint density at radius 1 is 1.55 bits per heavy atom. The summed E-state index contributed by atoms with van der Waals surface area (Å²) in [5.41, 5.74) is 0. The third-order valence-corrected chi connectivity index (χ3v) is 3.30. The maximum Gasteiger partial charge on any atom is 0.133 e. The predicted molar refractivity (Wildman–Crippen MR) is 53.9 cm³/mol. The van der Waals surface area contributed by atoms with E-state index in [-0.39, 0.29) is 0 Å². The lowest BCUT2D eigenvalue weighted by atomic mass is 9.94. The highest BCUT2D eigenvalue weighted by Gasteiger charge is 2.20. The van der Waals surface area contributed by atoms with E-state index < -0.39 is 0 Å². The molecule has 0 radical (unpaired) electrons. The number of ketones is 1. The molecule has 1 aliphatic rings. The van der Waals surface area contributed by atoms with Gasteiger partial charge in [0.2, 0.25) is 0 Å². The van der Waals surface area contributed by atoms with Crippen molar-refractivity contribution < 1.29 is 4.79 Å². The van der Waals surface area contributed by atoms with Gasteiger partial charge in [-0.05, 0) is 32.9 Å². The van der Waals surface area contributed by atoms with Gasteiger partial charge in [0, 0.05) is 5.92 Å². The van der Waals surface area contributed by atoms with Gasteiger partial charge < -0.3 is 0 Å². The first-order valence-corrected chi connectivity index (χ1v) is 5.55. The highest BCUT2D eigenvalue weighted by Crippen LogP contribution is 2.18. The second kappa shape index (κ2) is 4.40. The van der Waals surface area contributed by atoms with E-state index in [9.17, 15) is 4.79 Å². The molecule has 64 valence electrons. The summed E-state index contributed by atoms with van der Waals surface area (Å²) >= 11 is 2.37. The summed E-state index contributed by atoms with van der Waals surface area (Å²) in [7, 11) is 0. The average Bonchev–Trinajstić information content (AvgIpc) is 2.05. The topological polar surface area (TPSA) is 20.3 Å². The van der Waals surface area contributed by atoms with Crippen molar-refractivity contribution in [2.75, 3.05) is 17.6 Å². The molecule has 1 fully saturated rings. The van der Waals surface area contributed by atoms with Gasteiger partial charge in [-0.15, -0.1) is 0 Å². The zero-order valence-corrected chi connectivity index (χ0v) is 9.00. The standard InChI is InChI=1S/C8H14INO/c1-7(11)8-2-4-10(6-9)5-3-8/h8H,2-6H2,1H3. The zero-order chi connectivity index (χ0) is 8.27. The van der Waals surface area contributed by atoms with E-state index in [0.29, 0.717) is 11.7 Å². The Kier molecular flexibility index (Phi) is 3.78. The number of Topliss-reactive ketones (excluding diaryl/α,β-unsaturated/α-hetero) is 1. The molecule has 0 spiro atoms. The van der Waals surface area contributed by atoms with Crippen molar-refractivity contribution in [2.45, 2.75) is 19.8 Å². The van der Waals surface area contributed by atoms with E-state index >= 15 is 0 Å². The van der Waals surface area contributed by atoms with E-state index in [1.54, 1.807) is 6.92 Å². The number of piperidine rings is 1. The van der Waals surface area contributed by atoms with Crippen LogP contribution in [0.3, 0.4) is 0 Å². The highest BCUT2D eigenvalue weighted by molar-refractivity contribution is 14.1. The Morgan fingerprint density at radius 2 is 2.09 bits per heavy atom. The van der Waals surface area contributed by atoms with Gasteiger partial charge in [0.25, 0.3) is 0 Å². The monoisotopic (exact) mass is 267 g/mol. The fourth-order valence-electron chi connectivity index (χ4n) is 1.46. The van der Waals surface area contributed by atoms with Crippen LogP contribution in [0.2, 0.25) is 0 Å². The lowest BCUT2D eigenvalue weighted by Gasteiger charge is -2.28. The second-order valence-electron chi connectivity index (χ2n) is 3.12. The molecule has 3 heteroatoms. The molecule has 1 aliphatic heterocycles. The summed E-state index contributed by atoms with van der Waals surface area (Å²) in [6.07, 6.45) is 2.14. The van der Waals surface area contributed by atoms with Crippen molar-refractivity contribution in [2.24, 2.45) is 5.92 Å². The molecule has 0 bridgehead atoms. The van der Waals surface area contributed by atoms with Gasteiger partial charge in [0.1, 0.15) is 5.78 Å². The molecule has 2 nitrogen and oxygen atoms in total. The third kappa shape index (κ3) is 2.71. The molecule has 0 aliphatic carbocycles. The minimum absolute atomic E-state index is 0.356. The van der Waals surface area contributed by atoms with Gasteiger partial charge in [0.05, 0.1) is 4.55 Å². The van der Waals surface area contributed by atoms with Crippen molar-refractivity contribution >= 4 is 28.4 Å². The maximum absolute atomic E-state index is 11.0. The smallest absolute Gasteiger partial charge is 0.133 e. The molecular weight excluding hydrogens is 253 g/mol. The van der Waals surface area contributed by atoms with Crippen LogP contribution >= 0.6 is 22.6 Å². The molecule has 0 unspecified atom stereocenters. The van der Waals surface area contributed by atoms with Gasteiger partial charge in [-0.1, -0.05) is 22.6 Å². The van der Waals surface area contributed by atoms with Gasteiger partial charge in [-0.2, -0.15) is 0 Å². The number of hydrogen-bond donors (Lipinski definition) is 0. The van der Waals surface area contributed by atoms with Gasteiger partial charge >= 0.3 is 0 Å². The minimum atomic E-state index is 0.356. The molecule has 11 heavy (non-hydrogen) atoms. The summed E-state index contributed by atoms with van der Waals surface area (Å²) in [6, 6.07) is 0. The molecule has 0 aromatic carbocycles. The Balaban J connectivity index is 2.30. The number of carbonyl (C=O) groups is 1. The van der Waals surface area contributed by atoms with Crippen LogP contribution in [0, 0.1) is 5.92 Å². The highest BCUT2D eigenvalue weighted by atomic mass is 127. The lowest BCUT2D eigenvalue weighted by molar-refractivity contribution is -0.122. The van der Waals surface area contributed by atoms with Gasteiger partial charge in [-0.3, -0.25) is 9.69 Å². The molecule has 0 atom stereocenters. The van der Waals surface area contributed by atoms with Crippen molar-refractivity contribution in [1.82, 2.24) is 4.90 Å². The molecule has 0 aromatic heterocycles. The Bertz CT molecular complexity index is 141. The lowest BCUT2D eigenvalue weighted by Crippen LogP contribution is -2.34. The Hall–Kier alpha value is 0.360. The number of halogens is 1. The number of alkyl halides is 1. The average molecular weight is 267 g/mol. The fourth-order valence-corrected chi connectivity index (χ4v) is 2.14. The first-order valence-electron chi connectivity index (χ1n) is 4.03. The van der Waals surface area contributed by atoms with Crippen LogP contribution in [0.5, 0.6) is 0 Å². The normalized spacial score (nSPS) is 22.0. The van der Waals surface area contributed by atoms with E-state index in [2.05, 4.69) is 27.5 Å². The summed E-state index contributed by atoms with van der Waals surface area (Å²) in [4.78, 5) is 13.4. The molecule has 1 rings (SSSR count). The Labute approximate surface area is 81.5 Å². The van der Waals surface area contributed by atoms with E-state index in [1.807, 2.05) is 0 Å². The quantitative estimate of drug-likeness (QED) is 0.431. The number of rotatable bonds is 2. The van der Waals surface area contributed by atoms with Crippen LogP contribution in [0.4, 0.5) is 0 Å². The summed E-state index contributed by atoms with van der Waals surface area (Å²) < 4.78 is 1.10. The molecule has 0 aromatic rings. The van der Waals surface area contributed by atoms with Gasteiger partial charge in [0.15, 0.2) is 0 Å². The largest absolute Gasteiger partial charge is 0.300 e. The second-order valence-corrected chi connectivity index (χ2v) is 3.80. The number of hydrogen-bond acceptors (Lipinski definition) is 2. The molecule has 1 saturated heterocycles. The van der Waals surface area contributed by atoms with Crippen molar-refractivity contribution in [1.29, 1.82) is 0 Å². The Morgan fingerprint density at radius 3 is 2.45 bits per heavy atom. The predicted octanol–water partition coefficient (Wildman–Crippen LogP) is 1.68. The number of nitrogens with zero attached hydrogens (tertiary/aromatic N) is 1. The number of carbonyl (C=O) groups excluding carboxylic acids is 1. The van der Waals surface area contributed by atoms with Crippen molar-refractivity contribution in [3.8, 4) is 0 Å². The van der Waals surface area contributed by atoms with Gasteiger partial charge in [-0.25, -0.2) is 0 Å². The van der Waals surface area contributed by atoms with Crippen LogP contribution in [-0.4, -0.2) is 28.3 Å². The molecule has 0 N–H and O–H groups in total. The van der Waals surface area contributed by atoms with E-state index in [1.165, 1.54) is 0 Å². The van der Waals surface area contributed by atoms with Crippen LogP contribution < -0.4 is 0 Å². The van der Waals surface area contributed by atoms with Crippen LogP contribution in [0.15, 0.2) is 0 Å². The SMILES string of the molecule is CC(=O)C1CCN(CI)CC1. The molecular formula is C8H14INO. The summed E-state index contributed by atoms with van der Waals surface area (Å²) in [6.45, 7) is 3.92. The minimum Gasteiger partial charge on any atom is -0.300 e. The van der Waals surface area contributed by atoms with Crippen molar-refractivity contribution in [3.63, 3.8) is 0 Å². The van der Waals surface area contributed by atoms with E-state index in [0.717, 1.165) is 30.5 Å². The summed E-state index contributed by atoms with van der Waals surface area (Å²) in [5.74, 6) is 0.729.